The van der Waals surface area contributed by atoms with Crippen LogP contribution in [0.3, 0.4) is 0 Å². The first-order valence-corrected chi connectivity index (χ1v) is 6.83. The molecule has 0 aliphatic heterocycles. The molecule has 0 aromatic heterocycles. The molecule has 0 heterocycles. The third kappa shape index (κ3) is 6.27. The van der Waals surface area contributed by atoms with Gasteiger partial charge in [-0.05, 0) is 44.2 Å². The zero-order valence-corrected chi connectivity index (χ0v) is 12.6. The summed E-state index contributed by atoms with van der Waals surface area (Å²) in [5, 5.41) is 2.76. The Hall–Kier alpha value is -1.51. The highest BCUT2D eigenvalue weighted by atomic mass is 16.6. The second kappa shape index (κ2) is 6.60. The monoisotopic (exact) mass is 263 g/mol. The number of ether oxygens (including phenoxy) is 1. The minimum atomic E-state index is -0.441. The molecule has 0 aliphatic rings. The molecule has 1 aromatic carbocycles. The van der Waals surface area contributed by atoms with Gasteiger partial charge in [-0.2, -0.15) is 0 Å². The van der Waals surface area contributed by atoms with Crippen molar-refractivity contribution in [1.82, 2.24) is 5.32 Å². The summed E-state index contributed by atoms with van der Waals surface area (Å²) >= 11 is 0. The lowest BCUT2D eigenvalue weighted by Crippen LogP contribution is -2.33. The van der Waals surface area contributed by atoms with E-state index in [1.807, 2.05) is 20.8 Å². The predicted molar refractivity (Wildman–Crippen MR) is 78.5 cm³/mol. The number of carbonyl (C=O) groups excluding carboxylic acids is 1. The maximum Gasteiger partial charge on any atom is 0.407 e. The van der Waals surface area contributed by atoms with Crippen LogP contribution in [0.4, 0.5) is 4.79 Å². The van der Waals surface area contributed by atoms with Gasteiger partial charge in [0.05, 0.1) is 0 Å². The van der Waals surface area contributed by atoms with Crippen molar-refractivity contribution in [3.05, 3.63) is 35.4 Å². The minimum absolute atomic E-state index is 0.355. The molecule has 0 aliphatic carbocycles. The van der Waals surface area contributed by atoms with Gasteiger partial charge in [-0.3, -0.25) is 0 Å². The van der Waals surface area contributed by atoms with Crippen LogP contribution >= 0.6 is 0 Å². The molecule has 0 saturated heterocycles. The molecule has 0 atom stereocenters. The molecule has 0 saturated carbocycles. The average Bonchev–Trinajstić information content (AvgIpc) is 2.27. The lowest BCUT2D eigenvalue weighted by molar-refractivity contribution is 0.0528. The molecule has 1 rings (SSSR count). The lowest BCUT2D eigenvalue weighted by Gasteiger charge is -2.19. The summed E-state index contributed by atoms with van der Waals surface area (Å²) in [6.07, 6.45) is 0.462. The topological polar surface area (TPSA) is 38.3 Å². The molecule has 3 heteroatoms. The first kappa shape index (κ1) is 15.5. The van der Waals surface area contributed by atoms with Gasteiger partial charge in [0, 0.05) is 6.54 Å². The van der Waals surface area contributed by atoms with Gasteiger partial charge in [0.1, 0.15) is 5.60 Å². The highest BCUT2D eigenvalue weighted by molar-refractivity contribution is 5.67. The van der Waals surface area contributed by atoms with Crippen molar-refractivity contribution >= 4 is 6.09 Å². The molecule has 3 nitrogen and oxygen atoms in total. The largest absolute Gasteiger partial charge is 0.444 e. The summed E-state index contributed by atoms with van der Waals surface area (Å²) in [4.78, 5) is 11.5. The van der Waals surface area contributed by atoms with Gasteiger partial charge in [-0.15, -0.1) is 0 Å². The lowest BCUT2D eigenvalue weighted by atomic mass is 10.0. The summed E-state index contributed by atoms with van der Waals surface area (Å²) in [6, 6.07) is 8.53. The molecule has 1 amide bonds. The van der Waals surface area contributed by atoms with Crippen LogP contribution in [0.15, 0.2) is 24.3 Å². The third-order valence-corrected chi connectivity index (χ3v) is 2.73. The van der Waals surface area contributed by atoms with Crippen LogP contribution in [0.1, 0.15) is 51.7 Å². The van der Waals surface area contributed by atoms with E-state index in [1.54, 1.807) is 0 Å². The Kier molecular flexibility index (Phi) is 5.40. The van der Waals surface area contributed by atoms with Crippen molar-refractivity contribution < 1.29 is 9.53 Å². The Morgan fingerprint density at radius 1 is 1.21 bits per heavy atom. The molecule has 1 aromatic rings. The Morgan fingerprint density at radius 3 is 2.26 bits per heavy atom. The smallest absolute Gasteiger partial charge is 0.407 e. The first-order valence-electron chi connectivity index (χ1n) is 6.83. The number of rotatable bonds is 4. The number of hydrogen-bond acceptors (Lipinski definition) is 2. The van der Waals surface area contributed by atoms with Crippen molar-refractivity contribution in [3.63, 3.8) is 0 Å². The maximum absolute atomic E-state index is 11.5. The number of benzene rings is 1. The van der Waals surface area contributed by atoms with E-state index in [1.165, 1.54) is 11.1 Å². The maximum atomic E-state index is 11.5. The summed E-state index contributed by atoms with van der Waals surface area (Å²) in [7, 11) is 0. The van der Waals surface area contributed by atoms with Gasteiger partial charge in [-0.25, -0.2) is 4.79 Å². The van der Waals surface area contributed by atoms with Gasteiger partial charge in [-0.1, -0.05) is 38.1 Å². The van der Waals surface area contributed by atoms with Crippen LogP contribution in [-0.2, 0) is 11.2 Å². The van der Waals surface area contributed by atoms with Gasteiger partial charge in [0.25, 0.3) is 0 Å². The van der Waals surface area contributed by atoms with Gasteiger partial charge in [0.15, 0.2) is 0 Å². The fourth-order valence-corrected chi connectivity index (χ4v) is 1.69. The number of nitrogens with one attached hydrogen (secondary N) is 1. The normalized spacial score (nSPS) is 11.5. The minimum Gasteiger partial charge on any atom is -0.444 e. The fraction of sp³-hybridized carbons (Fsp3) is 0.562. The zero-order chi connectivity index (χ0) is 14.5. The summed E-state index contributed by atoms with van der Waals surface area (Å²) in [5.41, 5.74) is 2.12. The number of alkyl carbamates (subject to hydrolysis) is 1. The molecular weight excluding hydrogens is 238 g/mol. The molecular formula is C16H25NO2. The molecule has 0 unspecified atom stereocenters. The second-order valence-corrected chi connectivity index (χ2v) is 6.07. The Labute approximate surface area is 116 Å². The number of carbonyl (C=O) groups is 1. The summed E-state index contributed by atoms with van der Waals surface area (Å²) < 4.78 is 5.18. The van der Waals surface area contributed by atoms with E-state index in [0.717, 1.165) is 6.42 Å². The van der Waals surface area contributed by atoms with E-state index < -0.39 is 5.60 Å². The summed E-state index contributed by atoms with van der Waals surface area (Å²) in [6.45, 7) is 10.5. The average molecular weight is 263 g/mol. The van der Waals surface area contributed by atoms with Gasteiger partial charge < -0.3 is 10.1 Å². The van der Waals surface area contributed by atoms with E-state index in [9.17, 15) is 4.79 Å². The molecule has 106 valence electrons. The Bertz CT molecular complexity index is 402. The highest BCUT2D eigenvalue weighted by Gasteiger charge is 2.15. The number of hydrogen-bond donors (Lipinski definition) is 1. The molecule has 0 bridgehead atoms. The number of amides is 1. The van der Waals surface area contributed by atoms with E-state index in [4.69, 9.17) is 4.74 Å². The van der Waals surface area contributed by atoms with E-state index in [-0.39, 0.29) is 6.09 Å². The van der Waals surface area contributed by atoms with Gasteiger partial charge >= 0.3 is 6.09 Å². The Morgan fingerprint density at radius 2 is 1.79 bits per heavy atom. The molecule has 1 N–H and O–H groups in total. The van der Waals surface area contributed by atoms with Gasteiger partial charge in [0.2, 0.25) is 0 Å². The van der Waals surface area contributed by atoms with Crippen molar-refractivity contribution in [3.8, 4) is 0 Å². The van der Waals surface area contributed by atoms with E-state index >= 15 is 0 Å². The van der Waals surface area contributed by atoms with Crippen LogP contribution in [0, 0.1) is 0 Å². The molecule has 0 radical (unpaired) electrons. The van der Waals surface area contributed by atoms with Crippen LogP contribution in [0.5, 0.6) is 0 Å². The standard InChI is InChI=1S/C16H25NO2/c1-12(2)14-8-6-13(7-9-14)10-11-17-15(18)19-16(3,4)5/h6-9,12H,10-11H2,1-5H3,(H,17,18). The first-order chi connectivity index (χ1) is 8.78. The third-order valence-electron chi connectivity index (χ3n) is 2.73. The summed E-state index contributed by atoms with van der Waals surface area (Å²) in [5.74, 6) is 0.550. The van der Waals surface area contributed by atoms with E-state index in [0.29, 0.717) is 12.5 Å². The van der Waals surface area contributed by atoms with Crippen LogP contribution < -0.4 is 5.32 Å². The second-order valence-electron chi connectivity index (χ2n) is 6.07. The Balaban J connectivity index is 2.35. The zero-order valence-electron chi connectivity index (χ0n) is 12.6. The molecule has 19 heavy (non-hydrogen) atoms. The van der Waals surface area contributed by atoms with Crippen LogP contribution in [0.2, 0.25) is 0 Å². The highest BCUT2D eigenvalue weighted by Crippen LogP contribution is 2.14. The quantitative estimate of drug-likeness (QED) is 0.895. The van der Waals surface area contributed by atoms with Crippen molar-refractivity contribution in [2.24, 2.45) is 0 Å². The van der Waals surface area contributed by atoms with Crippen molar-refractivity contribution in [2.75, 3.05) is 6.54 Å². The molecule has 0 fully saturated rings. The molecule has 0 spiro atoms. The van der Waals surface area contributed by atoms with Crippen LogP contribution in [-0.4, -0.2) is 18.2 Å². The van der Waals surface area contributed by atoms with E-state index in [2.05, 4.69) is 43.4 Å². The SMILES string of the molecule is CC(C)c1ccc(CCNC(=O)OC(C)(C)C)cc1. The van der Waals surface area contributed by atoms with Crippen molar-refractivity contribution in [2.45, 2.75) is 52.6 Å². The van der Waals surface area contributed by atoms with Crippen molar-refractivity contribution in [1.29, 1.82) is 0 Å². The fourth-order valence-electron chi connectivity index (χ4n) is 1.69. The predicted octanol–water partition coefficient (Wildman–Crippen LogP) is 3.88. The van der Waals surface area contributed by atoms with Crippen LogP contribution in [0.25, 0.3) is 0 Å².